The lowest BCUT2D eigenvalue weighted by molar-refractivity contribution is 0.0952. The summed E-state index contributed by atoms with van der Waals surface area (Å²) in [5, 5.41) is 3.02. The van der Waals surface area contributed by atoms with E-state index in [0.29, 0.717) is 25.2 Å². The number of carbonyl (C=O) groups is 1. The highest BCUT2D eigenvalue weighted by Crippen LogP contribution is 2.28. The second-order valence-corrected chi connectivity index (χ2v) is 9.92. The normalized spacial score (nSPS) is 15.3. The Morgan fingerprint density at radius 3 is 2.32 bits per heavy atom. The summed E-state index contributed by atoms with van der Waals surface area (Å²) in [6.07, 6.45) is 2.15. The summed E-state index contributed by atoms with van der Waals surface area (Å²) in [6, 6.07) is 15.0. The minimum Gasteiger partial charge on any atom is -0.371 e. The van der Waals surface area contributed by atoms with Gasteiger partial charge in [0, 0.05) is 38.4 Å². The molecule has 1 heterocycles. The predicted octanol–water partition coefficient (Wildman–Crippen LogP) is 3.85. The van der Waals surface area contributed by atoms with E-state index in [1.165, 1.54) is 4.31 Å². The smallest absolute Gasteiger partial charge is 0.253 e. The molecular formula is C24H33N3O3S. The van der Waals surface area contributed by atoms with Gasteiger partial charge >= 0.3 is 0 Å². The minimum absolute atomic E-state index is 0.156. The number of nitrogens with zero attached hydrogens (tertiary/aromatic N) is 2. The fourth-order valence-corrected chi connectivity index (χ4v) is 5.53. The van der Waals surface area contributed by atoms with Crippen LogP contribution in [0.5, 0.6) is 0 Å². The van der Waals surface area contributed by atoms with Crippen LogP contribution in [0, 0.1) is 0 Å². The molecule has 1 amide bonds. The molecule has 0 aliphatic carbocycles. The Labute approximate surface area is 186 Å². The molecule has 0 saturated carbocycles. The van der Waals surface area contributed by atoms with Gasteiger partial charge in [0.25, 0.3) is 5.91 Å². The summed E-state index contributed by atoms with van der Waals surface area (Å²) < 4.78 is 27.5. The number of hydrogen-bond acceptors (Lipinski definition) is 4. The number of carbonyl (C=O) groups excluding carboxylic acids is 1. The summed E-state index contributed by atoms with van der Waals surface area (Å²) in [4.78, 5) is 15.5. The fraction of sp³-hybridized carbons (Fsp3) is 0.458. The van der Waals surface area contributed by atoms with E-state index >= 15 is 0 Å². The van der Waals surface area contributed by atoms with Crippen LogP contribution in [0.25, 0.3) is 0 Å². The van der Waals surface area contributed by atoms with Crippen LogP contribution < -0.4 is 10.2 Å². The van der Waals surface area contributed by atoms with Crippen molar-refractivity contribution in [3.63, 3.8) is 0 Å². The van der Waals surface area contributed by atoms with E-state index in [-0.39, 0.29) is 16.7 Å². The number of sulfonamides is 1. The number of benzene rings is 2. The molecule has 1 saturated heterocycles. The van der Waals surface area contributed by atoms with E-state index in [0.717, 1.165) is 37.2 Å². The number of amides is 1. The van der Waals surface area contributed by atoms with Crippen molar-refractivity contribution in [3.05, 3.63) is 59.7 Å². The zero-order valence-electron chi connectivity index (χ0n) is 18.7. The monoisotopic (exact) mass is 443 g/mol. The topological polar surface area (TPSA) is 69.7 Å². The molecule has 0 spiro atoms. The molecule has 0 bridgehead atoms. The number of anilines is 1. The lowest BCUT2D eigenvalue weighted by atomic mass is 10.0. The Hall–Kier alpha value is -2.38. The van der Waals surface area contributed by atoms with Crippen molar-refractivity contribution in [1.82, 2.24) is 9.62 Å². The average Bonchev–Trinajstić information content (AvgIpc) is 3.33. The van der Waals surface area contributed by atoms with Gasteiger partial charge < -0.3 is 10.2 Å². The molecule has 2 aromatic rings. The van der Waals surface area contributed by atoms with Crippen LogP contribution in [0.3, 0.4) is 0 Å². The molecule has 31 heavy (non-hydrogen) atoms. The largest absolute Gasteiger partial charge is 0.371 e. The van der Waals surface area contributed by atoms with Crippen molar-refractivity contribution in [1.29, 1.82) is 0 Å². The maximum absolute atomic E-state index is 13.2. The Morgan fingerprint density at radius 2 is 1.71 bits per heavy atom. The predicted molar refractivity (Wildman–Crippen MR) is 125 cm³/mol. The van der Waals surface area contributed by atoms with Crippen LogP contribution in [-0.4, -0.2) is 51.4 Å². The van der Waals surface area contributed by atoms with Gasteiger partial charge in [-0.1, -0.05) is 51.1 Å². The Bertz CT molecular complexity index is 982. The van der Waals surface area contributed by atoms with Gasteiger partial charge in [0.15, 0.2) is 0 Å². The van der Waals surface area contributed by atoms with Gasteiger partial charge in [0.2, 0.25) is 10.0 Å². The van der Waals surface area contributed by atoms with Crippen LogP contribution >= 0.6 is 0 Å². The molecule has 1 fully saturated rings. The van der Waals surface area contributed by atoms with Gasteiger partial charge in [-0.25, -0.2) is 8.42 Å². The summed E-state index contributed by atoms with van der Waals surface area (Å²) in [7, 11) is -3.64. The second kappa shape index (κ2) is 10.3. The molecule has 6 nitrogen and oxygen atoms in total. The molecule has 1 aliphatic rings. The fourth-order valence-electron chi connectivity index (χ4n) is 4.04. The van der Waals surface area contributed by atoms with E-state index in [1.54, 1.807) is 18.2 Å². The Kier molecular flexibility index (Phi) is 7.73. The third kappa shape index (κ3) is 5.28. The summed E-state index contributed by atoms with van der Waals surface area (Å²) >= 11 is 0. The molecular weight excluding hydrogens is 410 g/mol. The van der Waals surface area contributed by atoms with E-state index in [1.807, 2.05) is 44.2 Å². The average molecular weight is 444 g/mol. The molecule has 1 atom stereocenters. The van der Waals surface area contributed by atoms with E-state index < -0.39 is 10.0 Å². The highest BCUT2D eigenvalue weighted by atomic mass is 32.2. The zero-order valence-corrected chi connectivity index (χ0v) is 19.5. The first-order valence-electron chi connectivity index (χ1n) is 11.1. The van der Waals surface area contributed by atoms with Gasteiger partial charge in [-0.2, -0.15) is 4.31 Å². The van der Waals surface area contributed by atoms with Crippen molar-refractivity contribution in [3.8, 4) is 0 Å². The van der Waals surface area contributed by atoms with Gasteiger partial charge in [-0.3, -0.25) is 4.79 Å². The number of hydrogen-bond donors (Lipinski definition) is 1. The maximum Gasteiger partial charge on any atom is 0.253 e. The number of rotatable bonds is 9. The van der Waals surface area contributed by atoms with Gasteiger partial charge in [-0.15, -0.1) is 0 Å². The van der Waals surface area contributed by atoms with Crippen LogP contribution in [0.2, 0.25) is 0 Å². The van der Waals surface area contributed by atoms with Crippen molar-refractivity contribution in [2.45, 2.75) is 44.4 Å². The standard InChI is InChI=1S/C24H33N3O3S/c1-4-27(5-2)31(29,30)21-13-14-23(26-15-9-10-16-26)22(17-21)24(28)25-18-19(3)20-11-7-6-8-12-20/h6-8,11-14,17,19H,4-5,9-10,15-16,18H2,1-3H3,(H,25,28). The lowest BCUT2D eigenvalue weighted by Gasteiger charge is -2.24. The third-order valence-corrected chi connectivity index (χ3v) is 7.99. The highest BCUT2D eigenvalue weighted by Gasteiger charge is 2.26. The van der Waals surface area contributed by atoms with Gasteiger partial charge in [0.1, 0.15) is 0 Å². The Balaban J connectivity index is 1.89. The molecule has 1 unspecified atom stereocenters. The first kappa shape index (κ1) is 23.3. The van der Waals surface area contributed by atoms with Crippen LogP contribution in [0.4, 0.5) is 5.69 Å². The second-order valence-electron chi connectivity index (χ2n) is 7.98. The van der Waals surface area contributed by atoms with Crippen molar-refractivity contribution in [2.24, 2.45) is 0 Å². The van der Waals surface area contributed by atoms with E-state index in [2.05, 4.69) is 17.1 Å². The molecule has 1 aliphatic heterocycles. The van der Waals surface area contributed by atoms with Crippen LogP contribution in [0.15, 0.2) is 53.4 Å². The van der Waals surface area contributed by atoms with Crippen LogP contribution in [-0.2, 0) is 10.0 Å². The van der Waals surface area contributed by atoms with E-state index in [4.69, 9.17) is 0 Å². The Morgan fingerprint density at radius 1 is 1.06 bits per heavy atom. The highest BCUT2D eigenvalue weighted by molar-refractivity contribution is 7.89. The van der Waals surface area contributed by atoms with Crippen molar-refractivity contribution < 1.29 is 13.2 Å². The third-order valence-electron chi connectivity index (χ3n) is 5.94. The lowest BCUT2D eigenvalue weighted by Crippen LogP contribution is -2.32. The minimum atomic E-state index is -3.64. The maximum atomic E-state index is 13.2. The SMILES string of the molecule is CCN(CC)S(=O)(=O)c1ccc(N2CCCC2)c(C(=O)NCC(C)c2ccccc2)c1. The van der Waals surface area contributed by atoms with Crippen molar-refractivity contribution >= 4 is 21.6 Å². The molecule has 3 rings (SSSR count). The molecule has 0 aromatic heterocycles. The molecule has 168 valence electrons. The molecule has 2 aromatic carbocycles. The molecule has 7 heteroatoms. The van der Waals surface area contributed by atoms with Gasteiger partial charge in [-0.05, 0) is 42.5 Å². The summed E-state index contributed by atoms with van der Waals surface area (Å²) in [5.74, 6) is -0.0794. The van der Waals surface area contributed by atoms with Crippen LogP contribution in [0.1, 0.15) is 55.5 Å². The summed E-state index contributed by atoms with van der Waals surface area (Å²) in [5.41, 5.74) is 2.39. The van der Waals surface area contributed by atoms with E-state index in [9.17, 15) is 13.2 Å². The quantitative estimate of drug-likeness (QED) is 0.639. The van der Waals surface area contributed by atoms with Gasteiger partial charge in [0.05, 0.1) is 10.5 Å². The summed E-state index contributed by atoms with van der Waals surface area (Å²) in [6.45, 7) is 8.72. The molecule has 0 radical (unpaired) electrons. The molecule has 1 N–H and O–H groups in total. The first-order valence-corrected chi connectivity index (χ1v) is 12.5. The first-order chi connectivity index (χ1) is 14.9. The van der Waals surface area contributed by atoms with Crippen molar-refractivity contribution in [2.75, 3.05) is 37.6 Å². The zero-order chi connectivity index (χ0) is 22.4. The number of nitrogens with one attached hydrogen (secondary N) is 1.